The molecular formula is C23H30N4O4S. The van der Waals surface area contributed by atoms with Crippen LogP contribution in [0.4, 0.5) is 10.7 Å². The van der Waals surface area contributed by atoms with Gasteiger partial charge in [-0.1, -0.05) is 0 Å². The fourth-order valence-electron chi connectivity index (χ4n) is 4.19. The van der Waals surface area contributed by atoms with Crippen LogP contribution in [0, 0.1) is 0 Å². The van der Waals surface area contributed by atoms with Crippen molar-refractivity contribution in [3.8, 4) is 11.5 Å². The van der Waals surface area contributed by atoms with Crippen molar-refractivity contribution in [1.82, 2.24) is 9.80 Å². The predicted molar refractivity (Wildman–Crippen MR) is 126 cm³/mol. The summed E-state index contributed by atoms with van der Waals surface area (Å²) in [5, 5.41) is 6.63. The first-order chi connectivity index (χ1) is 15.5. The van der Waals surface area contributed by atoms with Crippen LogP contribution in [0.15, 0.2) is 18.2 Å². The number of piperazine rings is 1. The molecule has 0 radical (unpaired) electrons. The van der Waals surface area contributed by atoms with Crippen molar-refractivity contribution in [2.24, 2.45) is 0 Å². The van der Waals surface area contributed by atoms with Crippen molar-refractivity contribution in [3.05, 3.63) is 34.2 Å². The number of anilines is 2. The number of aryl methyl sites for hydroxylation is 1. The van der Waals surface area contributed by atoms with Crippen molar-refractivity contribution in [2.45, 2.75) is 19.3 Å². The van der Waals surface area contributed by atoms with E-state index in [0.29, 0.717) is 34.3 Å². The number of likely N-dealkylation sites (N-methyl/N-ethyl adjacent to an activating group) is 1. The first-order valence-electron chi connectivity index (χ1n) is 10.9. The molecule has 0 unspecified atom stereocenters. The highest BCUT2D eigenvalue weighted by atomic mass is 32.1. The highest BCUT2D eigenvalue weighted by Crippen LogP contribution is 2.40. The Labute approximate surface area is 192 Å². The molecule has 32 heavy (non-hydrogen) atoms. The number of nitrogens with zero attached hydrogens (tertiary/aromatic N) is 2. The quantitative estimate of drug-likeness (QED) is 0.664. The van der Waals surface area contributed by atoms with E-state index in [2.05, 4.69) is 27.5 Å². The average Bonchev–Trinajstić information content (AvgIpc) is 3.36. The minimum atomic E-state index is -0.234. The molecule has 1 aromatic heterocycles. The molecule has 2 aliphatic rings. The molecule has 4 rings (SSSR count). The number of ether oxygens (including phenoxy) is 2. The third-order valence-corrected chi connectivity index (χ3v) is 7.23. The minimum Gasteiger partial charge on any atom is -0.497 e. The van der Waals surface area contributed by atoms with E-state index in [0.717, 1.165) is 51.0 Å². The van der Waals surface area contributed by atoms with Crippen LogP contribution in [0.2, 0.25) is 0 Å². The Bertz CT molecular complexity index is 998. The SMILES string of the molecule is COc1ccc(NC(=O)c2c(NC(=O)CN3CCN(C)CC3)sc3c2CCC3)c(OC)c1. The Morgan fingerprint density at radius 3 is 2.56 bits per heavy atom. The van der Waals surface area contributed by atoms with E-state index in [1.165, 1.54) is 16.2 Å². The number of carbonyl (C=O) groups excluding carboxylic acids is 2. The summed E-state index contributed by atoms with van der Waals surface area (Å²) in [7, 11) is 5.23. The predicted octanol–water partition coefficient (Wildman–Crippen LogP) is 2.69. The lowest BCUT2D eigenvalue weighted by molar-refractivity contribution is -0.117. The van der Waals surface area contributed by atoms with Crippen LogP contribution in [0.1, 0.15) is 27.2 Å². The molecule has 9 heteroatoms. The second-order valence-corrected chi connectivity index (χ2v) is 9.31. The summed E-state index contributed by atoms with van der Waals surface area (Å²) in [4.78, 5) is 31.7. The van der Waals surface area contributed by atoms with Gasteiger partial charge in [0.05, 0.1) is 32.0 Å². The largest absolute Gasteiger partial charge is 0.497 e. The Morgan fingerprint density at radius 1 is 1.06 bits per heavy atom. The number of hydrogen-bond acceptors (Lipinski definition) is 7. The molecule has 1 fully saturated rings. The second-order valence-electron chi connectivity index (χ2n) is 8.21. The summed E-state index contributed by atoms with van der Waals surface area (Å²) in [6, 6.07) is 5.26. The van der Waals surface area contributed by atoms with E-state index in [1.807, 2.05) is 0 Å². The third-order valence-electron chi connectivity index (χ3n) is 6.02. The Hall–Kier alpha value is -2.62. The van der Waals surface area contributed by atoms with Crippen LogP contribution in [0.25, 0.3) is 0 Å². The first-order valence-corrected chi connectivity index (χ1v) is 11.7. The summed E-state index contributed by atoms with van der Waals surface area (Å²) in [5.74, 6) is 0.853. The standard InChI is InChI=1S/C23H30N4O4S/c1-26-9-11-27(12-10-26)14-20(28)25-23-21(16-5-4-6-19(16)32-23)22(29)24-17-8-7-15(30-2)13-18(17)31-3/h7-8,13H,4-6,9-12,14H2,1-3H3,(H,24,29)(H,25,28). The summed E-state index contributed by atoms with van der Waals surface area (Å²) in [5.41, 5.74) is 2.19. The summed E-state index contributed by atoms with van der Waals surface area (Å²) >= 11 is 1.52. The number of hydrogen-bond donors (Lipinski definition) is 2. The molecule has 172 valence electrons. The number of thiophene rings is 1. The molecule has 0 bridgehead atoms. The fraction of sp³-hybridized carbons (Fsp3) is 0.478. The fourth-order valence-corrected chi connectivity index (χ4v) is 5.50. The molecule has 0 atom stereocenters. The third kappa shape index (κ3) is 4.90. The van der Waals surface area contributed by atoms with E-state index in [9.17, 15) is 9.59 Å². The zero-order chi connectivity index (χ0) is 22.7. The zero-order valence-corrected chi connectivity index (χ0v) is 19.6. The van der Waals surface area contributed by atoms with E-state index < -0.39 is 0 Å². The maximum absolute atomic E-state index is 13.3. The van der Waals surface area contributed by atoms with E-state index in [1.54, 1.807) is 32.4 Å². The van der Waals surface area contributed by atoms with Gasteiger partial charge in [-0.25, -0.2) is 0 Å². The number of carbonyl (C=O) groups is 2. The Kier molecular flexibility index (Phi) is 6.98. The monoisotopic (exact) mass is 458 g/mol. The highest BCUT2D eigenvalue weighted by Gasteiger charge is 2.28. The Morgan fingerprint density at radius 2 is 1.84 bits per heavy atom. The van der Waals surface area contributed by atoms with Crippen LogP contribution >= 0.6 is 11.3 Å². The summed E-state index contributed by atoms with van der Waals surface area (Å²) in [6.07, 6.45) is 2.83. The van der Waals surface area contributed by atoms with Crippen LogP contribution in [0.3, 0.4) is 0 Å². The minimum absolute atomic E-state index is 0.0782. The molecule has 1 saturated heterocycles. The van der Waals surface area contributed by atoms with Gasteiger partial charge in [0.2, 0.25) is 5.91 Å². The van der Waals surface area contributed by atoms with E-state index in [-0.39, 0.29) is 11.8 Å². The number of rotatable bonds is 7. The average molecular weight is 459 g/mol. The van der Waals surface area contributed by atoms with Gasteiger partial charge >= 0.3 is 0 Å². The smallest absolute Gasteiger partial charge is 0.259 e. The van der Waals surface area contributed by atoms with Crippen LogP contribution in [-0.2, 0) is 17.6 Å². The van der Waals surface area contributed by atoms with Gasteiger partial charge in [-0.15, -0.1) is 11.3 Å². The van der Waals surface area contributed by atoms with Gasteiger partial charge in [-0.2, -0.15) is 0 Å². The van der Waals surface area contributed by atoms with Gasteiger partial charge in [0.1, 0.15) is 16.5 Å². The summed E-state index contributed by atoms with van der Waals surface area (Å²) in [6.45, 7) is 3.99. The van der Waals surface area contributed by atoms with Gasteiger partial charge in [-0.05, 0) is 44.0 Å². The summed E-state index contributed by atoms with van der Waals surface area (Å²) < 4.78 is 10.7. The molecule has 1 aliphatic heterocycles. The lowest BCUT2D eigenvalue weighted by Gasteiger charge is -2.31. The molecule has 8 nitrogen and oxygen atoms in total. The molecule has 2 N–H and O–H groups in total. The maximum atomic E-state index is 13.3. The second kappa shape index (κ2) is 9.89. The van der Waals surface area contributed by atoms with Gasteiger partial charge in [-0.3, -0.25) is 14.5 Å². The van der Waals surface area contributed by atoms with Crippen molar-refractivity contribution in [2.75, 3.05) is 64.6 Å². The van der Waals surface area contributed by atoms with Gasteiger partial charge in [0.25, 0.3) is 5.91 Å². The first kappa shape index (κ1) is 22.6. The van der Waals surface area contributed by atoms with Crippen LogP contribution in [0.5, 0.6) is 11.5 Å². The molecule has 1 aliphatic carbocycles. The molecule has 2 heterocycles. The maximum Gasteiger partial charge on any atom is 0.259 e. The van der Waals surface area contributed by atoms with Gasteiger partial charge < -0.3 is 25.0 Å². The molecule has 2 amide bonds. The van der Waals surface area contributed by atoms with Crippen LogP contribution < -0.4 is 20.1 Å². The number of methoxy groups -OCH3 is 2. The van der Waals surface area contributed by atoms with E-state index >= 15 is 0 Å². The van der Waals surface area contributed by atoms with Crippen molar-refractivity contribution in [3.63, 3.8) is 0 Å². The number of fused-ring (bicyclic) bond motifs is 1. The molecule has 0 saturated carbocycles. The van der Waals surface area contributed by atoms with Crippen molar-refractivity contribution < 1.29 is 19.1 Å². The molecule has 0 spiro atoms. The number of amides is 2. The lowest BCUT2D eigenvalue weighted by atomic mass is 10.1. The topological polar surface area (TPSA) is 83.1 Å². The number of nitrogens with one attached hydrogen (secondary N) is 2. The zero-order valence-electron chi connectivity index (χ0n) is 18.8. The van der Waals surface area contributed by atoms with Crippen molar-refractivity contribution >= 4 is 33.8 Å². The van der Waals surface area contributed by atoms with Gasteiger partial charge in [0.15, 0.2) is 0 Å². The highest BCUT2D eigenvalue weighted by molar-refractivity contribution is 7.17. The molecule has 1 aromatic carbocycles. The van der Waals surface area contributed by atoms with Gasteiger partial charge in [0, 0.05) is 37.1 Å². The molecular weight excluding hydrogens is 428 g/mol. The van der Waals surface area contributed by atoms with Crippen LogP contribution in [-0.4, -0.2) is 75.6 Å². The van der Waals surface area contributed by atoms with Crippen molar-refractivity contribution in [1.29, 1.82) is 0 Å². The van der Waals surface area contributed by atoms with E-state index in [4.69, 9.17) is 9.47 Å². The molecule has 2 aromatic rings. The lowest BCUT2D eigenvalue weighted by Crippen LogP contribution is -2.47. The normalized spacial score (nSPS) is 16.5. The Balaban J connectivity index is 1.51. The number of benzene rings is 1.